The number of anilines is 4. The highest BCUT2D eigenvalue weighted by Crippen LogP contribution is 2.20. The standard InChI is InChI=1S/C16H14BrN5O/c1-23-14-8-6-12(7-9-14)19-15-10-18-22-16(21-15)20-13-4-2-11(17)3-5-13/h2-10H,1H3,(H2,19,20,21,22). The molecule has 1 heterocycles. The van der Waals surface area contributed by atoms with Crippen LogP contribution in [0, 0.1) is 0 Å². The van der Waals surface area contributed by atoms with Gasteiger partial charge in [-0.2, -0.15) is 10.1 Å². The zero-order chi connectivity index (χ0) is 16.1. The van der Waals surface area contributed by atoms with Gasteiger partial charge in [-0.15, -0.1) is 5.10 Å². The predicted molar refractivity (Wildman–Crippen MR) is 93.5 cm³/mol. The van der Waals surface area contributed by atoms with Crippen LogP contribution in [0.5, 0.6) is 5.75 Å². The number of aromatic nitrogens is 3. The van der Waals surface area contributed by atoms with Gasteiger partial charge < -0.3 is 15.4 Å². The van der Waals surface area contributed by atoms with E-state index in [2.05, 4.69) is 41.7 Å². The van der Waals surface area contributed by atoms with Gasteiger partial charge in [-0.3, -0.25) is 0 Å². The Morgan fingerprint density at radius 2 is 1.57 bits per heavy atom. The quantitative estimate of drug-likeness (QED) is 0.702. The molecule has 23 heavy (non-hydrogen) atoms. The molecule has 116 valence electrons. The summed E-state index contributed by atoms with van der Waals surface area (Å²) in [6.45, 7) is 0. The number of benzene rings is 2. The Hall–Kier alpha value is -2.67. The van der Waals surface area contributed by atoms with Crippen molar-refractivity contribution in [3.63, 3.8) is 0 Å². The van der Waals surface area contributed by atoms with Crippen LogP contribution in [0.2, 0.25) is 0 Å². The van der Waals surface area contributed by atoms with Crippen LogP contribution in [0.3, 0.4) is 0 Å². The monoisotopic (exact) mass is 371 g/mol. The van der Waals surface area contributed by atoms with Crippen molar-refractivity contribution < 1.29 is 4.74 Å². The molecule has 0 unspecified atom stereocenters. The first-order chi connectivity index (χ1) is 11.2. The number of hydrogen-bond acceptors (Lipinski definition) is 6. The van der Waals surface area contributed by atoms with Gasteiger partial charge in [0.1, 0.15) is 5.75 Å². The molecule has 0 bridgehead atoms. The normalized spacial score (nSPS) is 10.2. The molecular formula is C16H14BrN5O. The van der Waals surface area contributed by atoms with Gasteiger partial charge in [0.05, 0.1) is 13.3 Å². The van der Waals surface area contributed by atoms with Crippen LogP contribution in [-0.4, -0.2) is 22.3 Å². The molecule has 0 radical (unpaired) electrons. The van der Waals surface area contributed by atoms with Crippen molar-refractivity contribution in [3.8, 4) is 5.75 Å². The van der Waals surface area contributed by atoms with Gasteiger partial charge in [-0.1, -0.05) is 15.9 Å². The van der Waals surface area contributed by atoms with E-state index in [9.17, 15) is 0 Å². The molecule has 0 fully saturated rings. The van der Waals surface area contributed by atoms with Crippen molar-refractivity contribution in [2.75, 3.05) is 17.7 Å². The van der Waals surface area contributed by atoms with E-state index in [4.69, 9.17) is 4.74 Å². The smallest absolute Gasteiger partial charge is 0.249 e. The van der Waals surface area contributed by atoms with Crippen LogP contribution in [0.15, 0.2) is 59.2 Å². The molecule has 0 aliphatic heterocycles. The molecule has 0 aliphatic carbocycles. The van der Waals surface area contributed by atoms with E-state index in [-0.39, 0.29) is 0 Å². The Balaban J connectivity index is 1.72. The number of hydrogen-bond donors (Lipinski definition) is 2. The fraction of sp³-hybridized carbons (Fsp3) is 0.0625. The number of ether oxygens (including phenoxy) is 1. The molecule has 3 rings (SSSR count). The molecule has 0 atom stereocenters. The summed E-state index contributed by atoms with van der Waals surface area (Å²) in [5.74, 6) is 1.82. The van der Waals surface area contributed by atoms with E-state index in [0.717, 1.165) is 21.6 Å². The molecule has 0 aliphatic rings. The first-order valence-corrected chi connectivity index (χ1v) is 7.65. The van der Waals surface area contributed by atoms with Gasteiger partial charge in [0.15, 0.2) is 5.82 Å². The van der Waals surface area contributed by atoms with E-state index < -0.39 is 0 Å². The molecule has 0 amide bonds. The summed E-state index contributed by atoms with van der Waals surface area (Å²) in [6.07, 6.45) is 1.57. The summed E-state index contributed by atoms with van der Waals surface area (Å²) >= 11 is 3.40. The van der Waals surface area contributed by atoms with E-state index in [0.29, 0.717) is 11.8 Å². The number of rotatable bonds is 5. The third-order valence-electron chi connectivity index (χ3n) is 3.02. The second kappa shape index (κ2) is 7.06. The summed E-state index contributed by atoms with van der Waals surface area (Å²) in [6, 6.07) is 15.3. The average Bonchev–Trinajstić information content (AvgIpc) is 2.58. The van der Waals surface area contributed by atoms with Gasteiger partial charge in [0.25, 0.3) is 0 Å². The average molecular weight is 372 g/mol. The lowest BCUT2D eigenvalue weighted by Crippen LogP contribution is -2.02. The van der Waals surface area contributed by atoms with E-state index in [1.165, 1.54) is 0 Å². The predicted octanol–water partition coefficient (Wildman–Crippen LogP) is 4.13. The minimum absolute atomic E-state index is 0.422. The maximum absolute atomic E-state index is 5.13. The lowest BCUT2D eigenvalue weighted by atomic mass is 10.3. The minimum Gasteiger partial charge on any atom is -0.497 e. The highest BCUT2D eigenvalue weighted by molar-refractivity contribution is 9.10. The van der Waals surface area contributed by atoms with Gasteiger partial charge >= 0.3 is 0 Å². The topological polar surface area (TPSA) is 72.0 Å². The minimum atomic E-state index is 0.422. The second-order valence-corrected chi connectivity index (χ2v) is 5.57. The van der Waals surface area contributed by atoms with Crippen LogP contribution in [0.4, 0.5) is 23.1 Å². The first kappa shape index (κ1) is 15.2. The van der Waals surface area contributed by atoms with Crippen molar-refractivity contribution >= 4 is 39.1 Å². The molecule has 0 saturated carbocycles. The van der Waals surface area contributed by atoms with E-state index in [1.807, 2.05) is 48.5 Å². The van der Waals surface area contributed by atoms with Gasteiger partial charge in [0.2, 0.25) is 5.95 Å². The second-order valence-electron chi connectivity index (χ2n) is 4.65. The molecule has 7 heteroatoms. The summed E-state index contributed by atoms with van der Waals surface area (Å²) < 4.78 is 6.15. The SMILES string of the molecule is COc1ccc(Nc2cnnc(Nc3ccc(Br)cc3)n2)cc1. The maximum Gasteiger partial charge on any atom is 0.249 e. The lowest BCUT2D eigenvalue weighted by Gasteiger charge is -2.08. The molecule has 3 aromatic rings. The highest BCUT2D eigenvalue weighted by atomic mass is 79.9. The fourth-order valence-electron chi connectivity index (χ4n) is 1.90. The Bertz CT molecular complexity index is 777. The third-order valence-corrected chi connectivity index (χ3v) is 3.55. The fourth-order valence-corrected chi connectivity index (χ4v) is 2.17. The number of nitrogens with zero attached hydrogens (tertiary/aromatic N) is 3. The Morgan fingerprint density at radius 3 is 2.26 bits per heavy atom. The first-order valence-electron chi connectivity index (χ1n) is 6.86. The van der Waals surface area contributed by atoms with E-state index in [1.54, 1.807) is 13.3 Å². The largest absolute Gasteiger partial charge is 0.497 e. The lowest BCUT2D eigenvalue weighted by molar-refractivity contribution is 0.415. The van der Waals surface area contributed by atoms with Crippen LogP contribution in [-0.2, 0) is 0 Å². The molecule has 2 aromatic carbocycles. The number of nitrogens with one attached hydrogen (secondary N) is 2. The maximum atomic E-state index is 5.13. The van der Waals surface area contributed by atoms with Crippen molar-refractivity contribution in [3.05, 3.63) is 59.2 Å². The van der Waals surface area contributed by atoms with Crippen LogP contribution in [0.1, 0.15) is 0 Å². The third kappa shape index (κ3) is 4.17. The summed E-state index contributed by atoms with van der Waals surface area (Å²) in [4.78, 5) is 4.39. The molecular weight excluding hydrogens is 358 g/mol. The number of methoxy groups -OCH3 is 1. The molecule has 0 saturated heterocycles. The summed E-state index contributed by atoms with van der Waals surface area (Å²) in [7, 11) is 1.64. The summed E-state index contributed by atoms with van der Waals surface area (Å²) in [5, 5.41) is 14.2. The Kier molecular flexibility index (Phi) is 4.68. The van der Waals surface area contributed by atoms with Gasteiger partial charge in [0, 0.05) is 15.8 Å². The molecule has 6 nitrogen and oxygen atoms in total. The highest BCUT2D eigenvalue weighted by Gasteiger charge is 2.02. The molecule has 2 N–H and O–H groups in total. The Labute approximate surface area is 142 Å². The van der Waals surface area contributed by atoms with E-state index >= 15 is 0 Å². The van der Waals surface area contributed by atoms with Crippen LogP contribution >= 0.6 is 15.9 Å². The summed E-state index contributed by atoms with van der Waals surface area (Å²) in [5.41, 5.74) is 1.78. The van der Waals surface area contributed by atoms with Gasteiger partial charge in [-0.25, -0.2) is 0 Å². The zero-order valence-electron chi connectivity index (χ0n) is 12.3. The van der Waals surface area contributed by atoms with Crippen LogP contribution < -0.4 is 15.4 Å². The van der Waals surface area contributed by atoms with Crippen LogP contribution in [0.25, 0.3) is 0 Å². The van der Waals surface area contributed by atoms with Crippen molar-refractivity contribution in [2.24, 2.45) is 0 Å². The Morgan fingerprint density at radius 1 is 0.913 bits per heavy atom. The molecule has 0 spiro atoms. The van der Waals surface area contributed by atoms with Crippen molar-refractivity contribution in [2.45, 2.75) is 0 Å². The zero-order valence-corrected chi connectivity index (χ0v) is 13.9. The number of halogens is 1. The molecule has 1 aromatic heterocycles. The van der Waals surface area contributed by atoms with Crippen molar-refractivity contribution in [1.29, 1.82) is 0 Å². The van der Waals surface area contributed by atoms with Crippen molar-refractivity contribution in [1.82, 2.24) is 15.2 Å². The van der Waals surface area contributed by atoms with Gasteiger partial charge in [-0.05, 0) is 48.5 Å².